The first-order chi connectivity index (χ1) is 13.5. The number of nitrogens with zero attached hydrogens (tertiary/aromatic N) is 1. The van der Waals surface area contributed by atoms with Crippen molar-refractivity contribution in [1.29, 1.82) is 0 Å². The van der Waals surface area contributed by atoms with E-state index in [2.05, 4.69) is 30.4 Å². The smallest absolute Gasteiger partial charge is 0.262 e. The van der Waals surface area contributed by atoms with Crippen LogP contribution in [0.1, 0.15) is 43.0 Å². The molecule has 1 aliphatic rings. The maximum Gasteiger partial charge on any atom is 0.262 e. The molecule has 29 heavy (non-hydrogen) atoms. The molecule has 0 unspecified atom stereocenters. The predicted octanol–water partition coefficient (Wildman–Crippen LogP) is 4.55. The Hall–Kier alpha value is -2.05. The fourth-order valence-corrected chi connectivity index (χ4v) is 5.37. The van der Waals surface area contributed by atoms with Crippen molar-refractivity contribution in [2.75, 3.05) is 35.9 Å². The Kier molecular flexibility index (Phi) is 5.97. The highest BCUT2D eigenvalue weighted by Crippen LogP contribution is 2.31. The molecule has 1 N–H and O–H groups in total. The van der Waals surface area contributed by atoms with Crippen molar-refractivity contribution in [3.8, 4) is 0 Å². The van der Waals surface area contributed by atoms with Gasteiger partial charge in [-0.2, -0.15) is 0 Å². The lowest BCUT2D eigenvalue weighted by atomic mass is 9.85. The monoisotopic (exact) mass is 416 g/mol. The van der Waals surface area contributed by atoms with Crippen LogP contribution < -0.4 is 9.62 Å². The SMILES string of the molecule is Cc1cc(N2CCOCC2)ccc1NS(=O)(=O)c1c(C)cc(C(C)(C)C)cc1C. The fraction of sp³-hybridized carbons (Fsp3) is 0.478. The van der Waals surface area contributed by atoms with Gasteiger partial charge in [0.25, 0.3) is 10.0 Å². The average Bonchev–Trinajstić information content (AvgIpc) is 2.62. The minimum absolute atomic E-state index is 0.0306. The first kappa shape index (κ1) is 21.7. The van der Waals surface area contributed by atoms with Gasteiger partial charge < -0.3 is 9.64 Å². The molecule has 2 aromatic carbocycles. The van der Waals surface area contributed by atoms with Crippen LogP contribution in [0.5, 0.6) is 0 Å². The summed E-state index contributed by atoms with van der Waals surface area (Å²) in [5, 5.41) is 0. The predicted molar refractivity (Wildman–Crippen MR) is 120 cm³/mol. The molecule has 0 aromatic heterocycles. The van der Waals surface area contributed by atoms with Crippen molar-refractivity contribution in [1.82, 2.24) is 0 Å². The lowest BCUT2D eigenvalue weighted by molar-refractivity contribution is 0.122. The number of aryl methyl sites for hydroxylation is 3. The molecular formula is C23H32N2O3S. The Morgan fingerprint density at radius 2 is 1.52 bits per heavy atom. The third-order valence-electron chi connectivity index (χ3n) is 5.43. The molecule has 1 heterocycles. The summed E-state index contributed by atoms with van der Waals surface area (Å²) < 4.78 is 34.6. The molecule has 1 saturated heterocycles. The van der Waals surface area contributed by atoms with Crippen molar-refractivity contribution in [2.45, 2.75) is 51.9 Å². The van der Waals surface area contributed by atoms with Gasteiger partial charge in [-0.3, -0.25) is 4.72 Å². The molecule has 5 nitrogen and oxygen atoms in total. The first-order valence-corrected chi connectivity index (χ1v) is 11.6. The highest BCUT2D eigenvalue weighted by Gasteiger charge is 2.24. The molecule has 1 fully saturated rings. The molecule has 2 aromatic rings. The second-order valence-electron chi connectivity index (χ2n) is 8.89. The number of benzene rings is 2. The van der Waals surface area contributed by atoms with Crippen LogP contribution in [-0.2, 0) is 20.2 Å². The van der Waals surface area contributed by atoms with Crippen LogP contribution in [0.3, 0.4) is 0 Å². The molecule has 0 saturated carbocycles. The van der Waals surface area contributed by atoms with Crippen LogP contribution in [0.4, 0.5) is 11.4 Å². The molecule has 0 amide bonds. The molecule has 0 aliphatic carbocycles. The van der Waals surface area contributed by atoms with Gasteiger partial charge in [-0.05, 0) is 66.6 Å². The third kappa shape index (κ3) is 4.75. The maximum atomic E-state index is 13.2. The quantitative estimate of drug-likeness (QED) is 0.795. The molecule has 0 radical (unpaired) electrons. The van der Waals surface area contributed by atoms with E-state index >= 15 is 0 Å². The Morgan fingerprint density at radius 3 is 2.03 bits per heavy atom. The van der Waals surface area contributed by atoms with E-state index in [1.54, 1.807) is 0 Å². The number of ether oxygens (including phenoxy) is 1. The van der Waals surface area contributed by atoms with Gasteiger partial charge in [0.05, 0.1) is 23.8 Å². The summed E-state index contributed by atoms with van der Waals surface area (Å²) in [7, 11) is -3.68. The van der Waals surface area contributed by atoms with Gasteiger partial charge >= 0.3 is 0 Å². The minimum Gasteiger partial charge on any atom is -0.378 e. The van der Waals surface area contributed by atoms with Gasteiger partial charge in [-0.25, -0.2) is 8.42 Å². The van der Waals surface area contributed by atoms with Gasteiger partial charge in [0.15, 0.2) is 0 Å². The number of anilines is 2. The van der Waals surface area contributed by atoms with Crippen LogP contribution >= 0.6 is 0 Å². The number of morpholine rings is 1. The summed E-state index contributed by atoms with van der Waals surface area (Å²) in [6, 6.07) is 9.82. The zero-order valence-corrected chi connectivity index (χ0v) is 19.1. The molecule has 0 atom stereocenters. The summed E-state index contributed by atoms with van der Waals surface area (Å²) in [6.07, 6.45) is 0. The summed E-state index contributed by atoms with van der Waals surface area (Å²) in [5.74, 6) is 0. The number of hydrogen-bond donors (Lipinski definition) is 1. The average molecular weight is 417 g/mol. The van der Waals surface area contributed by atoms with E-state index in [9.17, 15) is 8.42 Å². The molecule has 1 aliphatic heterocycles. The highest BCUT2D eigenvalue weighted by atomic mass is 32.2. The molecule has 158 valence electrons. The van der Waals surface area contributed by atoms with E-state index in [0.717, 1.165) is 54.2 Å². The molecule has 3 rings (SSSR count). The van der Waals surface area contributed by atoms with Gasteiger partial charge in [0.2, 0.25) is 0 Å². The number of hydrogen-bond acceptors (Lipinski definition) is 4. The lowest BCUT2D eigenvalue weighted by Gasteiger charge is -2.29. The van der Waals surface area contributed by atoms with E-state index in [0.29, 0.717) is 10.6 Å². The number of nitrogens with one attached hydrogen (secondary N) is 1. The number of sulfonamides is 1. The zero-order valence-electron chi connectivity index (χ0n) is 18.3. The molecule has 6 heteroatoms. The lowest BCUT2D eigenvalue weighted by Crippen LogP contribution is -2.36. The van der Waals surface area contributed by atoms with Gasteiger partial charge in [-0.15, -0.1) is 0 Å². The Balaban J connectivity index is 1.90. The third-order valence-corrected chi connectivity index (χ3v) is 7.10. The molecular weight excluding hydrogens is 384 g/mol. The van der Waals surface area contributed by atoms with E-state index in [1.807, 2.05) is 51.1 Å². The standard InChI is InChI=1S/C23H32N2O3S/c1-16-15-20(25-9-11-28-12-10-25)7-8-21(16)24-29(26,27)22-17(2)13-19(14-18(22)3)23(4,5)6/h7-8,13-15,24H,9-12H2,1-6H3. The first-order valence-electron chi connectivity index (χ1n) is 10.1. The van der Waals surface area contributed by atoms with Crippen LogP contribution in [0, 0.1) is 20.8 Å². The van der Waals surface area contributed by atoms with Gasteiger partial charge in [0, 0.05) is 18.8 Å². The van der Waals surface area contributed by atoms with E-state index < -0.39 is 10.0 Å². The van der Waals surface area contributed by atoms with Gasteiger partial charge in [0.1, 0.15) is 0 Å². The second-order valence-corrected chi connectivity index (χ2v) is 10.5. The molecule has 0 spiro atoms. The maximum absolute atomic E-state index is 13.2. The highest BCUT2D eigenvalue weighted by molar-refractivity contribution is 7.92. The van der Waals surface area contributed by atoms with E-state index in [1.165, 1.54) is 0 Å². The van der Waals surface area contributed by atoms with Crippen LogP contribution in [0.2, 0.25) is 0 Å². The van der Waals surface area contributed by atoms with Crippen molar-refractivity contribution >= 4 is 21.4 Å². The Morgan fingerprint density at radius 1 is 0.931 bits per heavy atom. The van der Waals surface area contributed by atoms with Crippen LogP contribution in [-0.4, -0.2) is 34.7 Å². The van der Waals surface area contributed by atoms with Crippen molar-refractivity contribution in [2.24, 2.45) is 0 Å². The molecule has 0 bridgehead atoms. The van der Waals surface area contributed by atoms with Crippen molar-refractivity contribution in [3.05, 3.63) is 52.6 Å². The van der Waals surface area contributed by atoms with Gasteiger partial charge in [-0.1, -0.05) is 32.9 Å². The van der Waals surface area contributed by atoms with Crippen LogP contribution in [0.25, 0.3) is 0 Å². The van der Waals surface area contributed by atoms with Crippen molar-refractivity contribution < 1.29 is 13.2 Å². The summed E-state index contributed by atoms with van der Waals surface area (Å²) in [6.45, 7) is 15.2. The topological polar surface area (TPSA) is 58.6 Å². The fourth-order valence-electron chi connectivity index (χ4n) is 3.78. The van der Waals surface area contributed by atoms with E-state index in [4.69, 9.17) is 4.74 Å². The van der Waals surface area contributed by atoms with E-state index in [-0.39, 0.29) is 5.41 Å². The summed E-state index contributed by atoms with van der Waals surface area (Å²) >= 11 is 0. The summed E-state index contributed by atoms with van der Waals surface area (Å²) in [5.41, 5.74) is 5.25. The number of rotatable bonds is 4. The minimum atomic E-state index is -3.68. The summed E-state index contributed by atoms with van der Waals surface area (Å²) in [4.78, 5) is 2.62. The second kappa shape index (κ2) is 8.00. The van der Waals surface area contributed by atoms with Crippen molar-refractivity contribution in [3.63, 3.8) is 0 Å². The normalized spacial score (nSPS) is 15.4. The largest absolute Gasteiger partial charge is 0.378 e. The van der Waals surface area contributed by atoms with Crippen LogP contribution in [0.15, 0.2) is 35.2 Å². The zero-order chi connectivity index (χ0) is 21.4. The Labute approximate surface area is 175 Å². The Bertz CT molecular complexity index is 978.